The molecule has 122 valence electrons. The number of aromatic nitrogens is 1. The van der Waals surface area contributed by atoms with Crippen LogP contribution in [0.2, 0.25) is 0 Å². The number of ether oxygens (including phenoxy) is 2. The van der Waals surface area contributed by atoms with Crippen molar-refractivity contribution in [1.82, 2.24) is 4.57 Å². The molecule has 0 aliphatic carbocycles. The van der Waals surface area contributed by atoms with Gasteiger partial charge in [-0.15, -0.1) is 0 Å². The summed E-state index contributed by atoms with van der Waals surface area (Å²) < 4.78 is 13.2. The number of hydrogen-bond acceptors (Lipinski definition) is 2. The van der Waals surface area contributed by atoms with Gasteiger partial charge in [0, 0.05) is 30.3 Å². The van der Waals surface area contributed by atoms with Crippen LogP contribution in [-0.4, -0.2) is 18.8 Å². The highest BCUT2D eigenvalue weighted by Gasteiger charge is 2.09. The molecule has 1 heterocycles. The van der Waals surface area contributed by atoms with Gasteiger partial charge < -0.3 is 14.0 Å². The maximum Gasteiger partial charge on any atom is 0.131 e. The van der Waals surface area contributed by atoms with Crippen LogP contribution in [-0.2, 0) is 6.54 Å². The number of aryl methyl sites for hydroxylation is 1. The zero-order chi connectivity index (χ0) is 15.8. The third kappa shape index (κ3) is 4.19. The normalized spacial score (nSPS) is 11.0. The number of benzene rings is 1. The molecule has 0 fully saturated rings. The van der Waals surface area contributed by atoms with E-state index in [1.807, 2.05) is 6.07 Å². The molecular formula is C19H29NO2. The summed E-state index contributed by atoms with van der Waals surface area (Å²) in [7, 11) is 3.41. The van der Waals surface area contributed by atoms with Crippen molar-refractivity contribution in [2.45, 2.75) is 58.4 Å². The fraction of sp³-hybridized carbons (Fsp3) is 0.579. The number of rotatable bonds is 10. The lowest BCUT2D eigenvalue weighted by molar-refractivity contribution is 0.397. The Balaban J connectivity index is 1.94. The predicted molar refractivity (Wildman–Crippen MR) is 93.0 cm³/mol. The lowest BCUT2D eigenvalue weighted by atomic mass is 10.1. The topological polar surface area (TPSA) is 23.4 Å². The lowest BCUT2D eigenvalue weighted by Gasteiger charge is -2.09. The molecule has 0 unspecified atom stereocenters. The molecule has 0 bridgehead atoms. The largest absolute Gasteiger partial charge is 0.497 e. The highest BCUT2D eigenvalue weighted by molar-refractivity contribution is 5.88. The second-order valence-corrected chi connectivity index (χ2v) is 5.89. The molecule has 2 rings (SSSR count). The third-order valence-electron chi connectivity index (χ3n) is 4.28. The van der Waals surface area contributed by atoms with Crippen molar-refractivity contribution in [2.75, 3.05) is 14.2 Å². The van der Waals surface area contributed by atoms with Crippen LogP contribution in [0.1, 0.15) is 51.9 Å². The smallest absolute Gasteiger partial charge is 0.131 e. The summed E-state index contributed by atoms with van der Waals surface area (Å²) in [5, 5.41) is 1.16. The van der Waals surface area contributed by atoms with Gasteiger partial charge in [-0.2, -0.15) is 0 Å². The van der Waals surface area contributed by atoms with Crippen molar-refractivity contribution in [3.63, 3.8) is 0 Å². The van der Waals surface area contributed by atoms with Crippen molar-refractivity contribution in [1.29, 1.82) is 0 Å². The first-order chi connectivity index (χ1) is 10.8. The summed E-state index contributed by atoms with van der Waals surface area (Å²) in [6.45, 7) is 3.33. The van der Waals surface area contributed by atoms with E-state index >= 15 is 0 Å². The van der Waals surface area contributed by atoms with Gasteiger partial charge in [0.25, 0.3) is 0 Å². The Morgan fingerprint density at radius 3 is 2.32 bits per heavy atom. The summed E-state index contributed by atoms with van der Waals surface area (Å²) in [5.74, 6) is 1.73. The number of methoxy groups -OCH3 is 2. The van der Waals surface area contributed by atoms with Crippen LogP contribution >= 0.6 is 0 Å². The average Bonchev–Trinajstić information content (AvgIpc) is 2.96. The SMILES string of the molecule is CCCCCCCCCn1ccc2c(OC)cc(OC)cc21. The molecule has 0 N–H and O–H groups in total. The van der Waals surface area contributed by atoms with Gasteiger partial charge in [0.1, 0.15) is 11.5 Å². The van der Waals surface area contributed by atoms with Gasteiger partial charge in [-0.25, -0.2) is 0 Å². The lowest BCUT2D eigenvalue weighted by Crippen LogP contribution is -1.97. The minimum atomic E-state index is 0.851. The summed E-state index contributed by atoms with van der Waals surface area (Å²) in [4.78, 5) is 0. The van der Waals surface area contributed by atoms with E-state index in [1.165, 1.54) is 50.5 Å². The molecule has 3 nitrogen and oxygen atoms in total. The summed E-state index contributed by atoms with van der Waals surface area (Å²) in [6, 6.07) is 6.17. The summed E-state index contributed by atoms with van der Waals surface area (Å²) >= 11 is 0. The second kappa shape index (κ2) is 8.72. The molecule has 1 aromatic carbocycles. The van der Waals surface area contributed by atoms with E-state index in [0.29, 0.717) is 0 Å². The highest BCUT2D eigenvalue weighted by Crippen LogP contribution is 2.32. The van der Waals surface area contributed by atoms with Crippen LogP contribution in [0.3, 0.4) is 0 Å². The van der Waals surface area contributed by atoms with Crippen molar-refractivity contribution in [3.05, 3.63) is 24.4 Å². The van der Waals surface area contributed by atoms with Gasteiger partial charge in [0.2, 0.25) is 0 Å². The van der Waals surface area contributed by atoms with E-state index in [4.69, 9.17) is 9.47 Å². The van der Waals surface area contributed by atoms with E-state index < -0.39 is 0 Å². The predicted octanol–water partition coefficient (Wildman–Crippen LogP) is 5.41. The molecule has 0 aliphatic heterocycles. The zero-order valence-corrected chi connectivity index (χ0v) is 14.2. The summed E-state index contributed by atoms with van der Waals surface area (Å²) in [6.07, 6.45) is 11.5. The second-order valence-electron chi connectivity index (χ2n) is 5.89. The van der Waals surface area contributed by atoms with Crippen molar-refractivity contribution in [3.8, 4) is 11.5 Å². The van der Waals surface area contributed by atoms with Crippen molar-refractivity contribution >= 4 is 10.9 Å². The van der Waals surface area contributed by atoms with Crippen LogP contribution in [0.15, 0.2) is 24.4 Å². The first-order valence-corrected chi connectivity index (χ1v) is 8.51. The molecule has 0 atom stereocenters. The Kier molecular flexibility index (Phi) is 6.63. The molecule has 3 heteroatoms. The van der Waals surface area contributed by atoms with Crippen LogP contribution in [0.4, 0.5) is 0 Å². The summed E-state index contributed by atoms with van der Waals surface area (Å²) in [5.41, 5.74) is 1.20. The van der Waals surface area contributed by atoms with Crippen molar-refractivity contribution in [2.24, 2.45) is 0 Å². The van der Waals surface area contributed by atoms with E-state index in [-0.39, 0.29) is 0 Å². The number of nitrogens with zero attached hydrogens (tertiary/aromatic N) is 1. The average molecular weight is 303 g/mol. The van der Waals surface area contributed by atoms with Gasteiger partial charge >= 0.3 is 0 Å². The molecule has 0 amide bonds. The minimum absolute atomic E-state index is 0.851. The zero-order valence-electron chi connectivity index (χ0n) is 14.2. The molecule has 0 saturated heterocycles. The quantitative estimate of drug-likeness (QED) is 0.548. The van der Waals surface area contributed by atoms with Crippen LogP contribution in [0.25, 0.3) is 10.9 Å². The maximum absolute atomic E-state index is 5.47. The maximum atomic E-state index is 5.47. The van der Waals surface area contributed by atoms with Gasteiger partial charge in [-0.05, 0) is 12.5 Å². The monoisotopic (exact) mass is 303 g/mol. The molecule has 1 aromatic heterocycles. The van der Waals surface area contributed by atoms with Crippen LogP contribution in [0, 0.1) is 0 Å². The fourth-order valence-electron chi connectivity index (χ4n) is 2.96. The van der Waals surface area contributed by atoms with Gasteiger partial charge in [0.15, 0.2) is 0 Å². The molecule has 0 saturated carbocycles. The Labute approximate surface area is 134 Å². The van der Waals surface area contributed by atoms with Crippen molar-refractivity contribution < 1.29 is 9.47 Å². The van der Waals surface area contributed by atoms with Gasteiger partial charge in [0.05, 0.1) is 19.7 Å². The Morgan fingerprint density at radius 2 is 1.64 bits per heavy atom. The Bertz CT molecular complexity index is 574. The molecule has 0 aliphatic rings. The number of unbranched alkanes of at least 4 members (excludes halogenated alkanes) is 6. The number of fused-ring (bicyclic) bond motifs is 1. The molecular weight excluding hydrogens is 274 g/mol. The molecule has 0 spiro atoms. The standard InChI is InChI=1S/C19H29NO2/c1-4-5-6-7-8-9-10-12-20-13-11-17-18(20)14-16(21-2)15-19(17)22-3/h11,13-15H,4-10,12H2,1-3H3. The van der Waals surface area contributed by atoms with Gasteiger partial charge in [-0.3, -0.25) is 0 Å². The van der Waals surface area contributed by atoms with E-state index in [0.717, 1.165) is 23.4 Å². The molecule has 22 heavy (non-hydrogen) atoms. The molecule has 0 radical (unpaired) electrons. The van der Waals surface area contributed by atoms with Gasteiger partial charge in [-0.1, -0.05) is 45.4 Å². The van der Waals surface area contributed by atoms with Crippen LogP contribution < -0.4 is 9.47 Å². The Morgan fingerprint density at radius 1 is 0.909 bits per heavy atom. The molecule has 2 aromatic rings. The fourth-order valence-corrected chi connectivity index (χ4v) is 2.96. The van der Waals surface area contributed by atoms with E-state index in [9.17, 15) is 0 Å². The van der Waals surface area contributed by atoms with E-state index in [1.54, 1.807) is 14.2 Å². The number of hydrogen-bond donors (Lipinski definition) is 0. The first kappa shape index (κ1) is 16.7. The first-order valence-electron chi connectivity index (χ1n) is 8.51. The third-order valence-corrected chi connectivity index (χ3v) is 4.28. The van der Waals surface area contributed by atoms with Crippen LogP contribution in [0.5, 0.6) is 11.5 Å². The van der Waals surface area contributed by atoms with E-state index in [2.05, 4.69) is 29.8 Å². The highest BCUT2D eigenvalue weighted by atomic mass is 16.5. The Hall–Kier alpha value is -1.64. The minimum Gasteiger partial charge on any atom is -0.497 e.